The van der Waals surface area contributed by atoms with E-state index >= 15 is 0 Å². The molecule has 2 heterocycles. The fourth-order valence-electron chi connectivity index (χ4n) is 3.68. The van der Waals surface area contributed by atoms with Crippen LogP contribution < -0.4 is 4.90 Å². The van der Waals surface area contributed by atoms with Gasteiger partial charge in [-0.15, -0.1) is 0 Å². The van der Waals surface area contributed by atoms with E-state index < -0.39 is 0 Å². The zero-order valence-corrected chi connectivity index (χ0v) is 18.1. The number of nitrogens with zero attached hydrogens (tertiary/aromatic N) is 4. The molecule has 5 nitrogen and oxygen atoms in total. The van der Waals surface area contributed by atoms with Gasteiger partial charge in [0.05, 0.1) is 17.9 Å². The summed E-state index contributed by atoms with van der Waals surface area (Å²) in [7, 11) is 0. The number of hydrogen-bond donors (Lipinski definition) is 1. The second-order valence-electron chi connectivity index (χ2n) is 7.72. The van der Waals surface area contributed by atoms with Crippen LogP contribution in [0.5, 0.6) is 5.75 Å². The van der Waals surface area contributed by atoms with E-state index in [1.165, 1.54) is 11.1 Å². The standard InChI is InChI=1S/C26H26N4O/c1-18-11-13-21(14-12-18)16-23-19(2)28-20(3)29-26(23)30(17-22-8-6-7-15-27-22)24-9-4-5-10-25(24)31/h4-15,31H,16-17H2,1-3H3. The van der Waals surface area contributed by atoms with Crippen molar-refractivity contribution in [3.63, 3.8) is 0 Å². The lowest BCUT2D eigenvalue weighted by Crippen LogP contribution is -2.22. The molecule has 1 N–H and O–H groups in total. The van der Waals surface area contributed by atoms with Crippen LogP contribution in [0, 0.1) is 20.8 Å². The summed E-state index contributed by atoms with van der Waals surface area (Å²) in [4.78, 5) is 16.0. The lowest BCUT2D eigenvalue weighted by atomic mass is 10.0. The topological polar surface area (TPSA) is 62.1 Å². The number of phenolic OH excluding ortho intramolecular Hbond substituents is 1. The quantitative estimate of drug-likeness (QED) is 0.459. The number of pyridine rings is 1. The van der Waals surface area contributed by atoms with Crippen molar-refractivity contribution in [3.8, 4) is 5.75 Å². The molecule has 0 aliphatic rings. The van der Waals surface area contributed by atoms with E-state index in [1.54, 1.807) is 12.3 Å². The molecule has 0 unspecified atom stereocenters. The lowest BCUT2D eigenvalue weighted by Gasteiger charge is -2.27. The molecule has 4 aromatic rings. The largest absolute Gasteiger partial charge is 0.506 e. The van der Waals surface area contributed by atoms with Gasteiger partial charge in [-0.25, -0.2) is 9.97 Å². The molecule has 0 bridgehead atoms. The van der Waals surface area contributed by atoms with E-state index in [-0.39, 0.29) is 5.75 Å². The van der Waals surface area contributed by atoms with E-state index in [0.717, 1.165) is 22.8 Å². The monoisotopic (exact) mass is 410 g/mol. The average molecular weight is 411 g/mol. The molecule has 0 aliphatic heterocycles. The van der Waals surface area contributed by atoms with Crippen LogP contribution >= 0.6 is 0 Å². The number of rotatable bonds is 6. The maximum atomic E-state index is 10.7. The zero-order chi connectivity index (χ0) is 21.8. The molecule has 5 heteroatoms. The molecule has 156 valence electrons. The normalized spacial score (nSPS) is 10.8. The first-order valence-electron chi connectivity index (χ1n) is 10.4. The van der Waals surface area contributed by atoms with Crippen LogP contribution in [0.3, 0.4) is 0 Å². The number of anilines is 2. The number of benzene rings is 2. The van der Waals surface area contributed by atoms with E-state index in [4.69, 9.17) is 4.98 Å². The third kappa shape index (κ3) is 4.72. The molecule has 0 amide bonds. The maximum absolute atomic E-state index is 10.7. The van der Waals surface area contributed by atoms with Crippen molar-refractivity contribution in [2.75, 3.05) is 4.90 Å². The number of aromatic hydroxyl groups is 1. The highest BCUT2D eigenvalue weighted by Crippen LogP contribution is 2.36. The van der Waals surface area contributed by atoms with Gasteiger partial charge in [0, 0.05) is 23.9 Å². The van der Waals surface area contributed by atoms with Crippen LogP contribution in [0.2, 0.25) is 0 Å². The second-order valence-corrected chi connectivity index (χ2v) is 7.72. The number of phenols is 1. The minimum atomic E-state index is 0.202. The Bertz CT molecular complexity index is 1170. The van der Waals surface area contributed by atoms with Crippen molar-refractivity contribution >= 4 is 11.5 Å². The van der Waals surface area contributed by atoms with Crippen molar-refractivity contribution in [3.05, 3.63) is 107 Å². The van der Waals surface area contributed by atoms with E-state index in [0.29, 0.717) is 24.5 Å². The van der Waals surface area contributed by atoms with Gasteiger partial charge in [0.2, 0.25) is 0 Å². The van der Waals surface area contributed by atoms with Crippen LogP contribution in [0.1, 0.15) is 33.9 Å². The van der Waals surface area contributed by atoms with Crippen molar-refractivity contribution < 1.29 is 5.11 Å². The Balaban J connectivity index is 1.85. The van der Waals surface area contributed by atoms with E-state index in [1.807, 2.05) is 55.1 Å². The third-order valence-corrected chi connectivity index (χ3v) is 5.28. The Hall–Kier alpha value is -3.73. The summed E-state index contributed by atoms with van der Waals surface area (Å²) in [5.74, 6) is 1.69. The smallest absolute Gasteiger partial charge is 0.141 e. The minimum Gasteiger partial charge on any atom is -0.506 e. The van der Waals surface area contributed by atoms with Gasteiger partial charge >= 0.3 is 0 Å². The molecule has 31 heavy (non-hydrogen) atoms. The Morgan fingerprint density at radius 3 is 2.29 bits per heavy atom. The summed E-state index contributed by atoms with van der Waals surface area (Å²) in [5, 5.41) is 10.7. The van der Waals surface area contributed by atoms with Crippen molar-refractivity contribution in [1.29, 1.82) is 0 Å². The molecule has 0 saturated carbocycles. The van der Waals surface area contributed by atoms with E-state index in [2.05, 4.69) is 41.2 Å². The SMILES string of the molecule is Cc1ccc(Cc2c(C)nc(C)nc2N(Cc2ccccn2)c2ccccc2O)cc1. The lowest BCUT2D eigenvalue weighted by molar-refractivity contribution is 0.475. The van der Waals surface area contributed by atoms with Crippen molar-refractivity contribution in [2.45, 2.75) is 33.7 Å². The molecular weight excluding hydrogens is 384 g/mol. The third-order valence-electron chi connectivity index (χ3n) is 5.28. The number of aromatic nitrogens is 3. The minimum absolute atomic E-state index is 0.202. The van der Waals surface area contributed by atoms with Crippen LogP contribution in [0.4, 0.5) is 11.5 Å². The van der Waals surface area contributed by atoms with Gasteiger partial charge in [-0.05, 0) is 50.6 Å². The van der Waals surface area contributed by atoms with Crippen LogP contribution in [-0.4, -0.2) is 20.1 Å². The van der Waals surface area contributed by atoms with Gasteiger partial charge in [0.25, 0.3) is 0 Å². The summed E-state index contributed by atoms with van der Waals surface area (Å²) in [5.41, 5.74) is 5.97. The molecule has 2 aromatic heterocycles. The van der Waals surface area contributed by atoms with Crippen LogP contribution in [0.25, 0.3) is 0 Å². The first-order chi connectivity index (χ1) is 15.0. The van der Waals surface area contributed by atoms with E-state index in [9.17, 15) is 5.11 Å². The van der Waals surface area contributed by atoms with Crippen molar-refractivity contribution in [1.82, 2.24) is 15.0 Å². The van der Waals surface area contributed by atoms with Gasteiger partial charge in [-0.1, -0.05) is 48.0 Å². The van der Waals surface area contributed by atoms with Gasteiger partial charge in [-0.3, -0.25) is 4.98 Å². The molecule has 0 atom stereocenters. The van der Waals surface area contributed by atoms with Gasteiger partial charge in [0.1, 0.15) is 17.4 Å². The maximum Gasteiger partial charge on any atom is 0.141 e. The van der Waals surface area contributed by atoms with Crippen molar-refractivity contribution in [2.24, 2.45) is 0 Å². The first-order valence-corrected chi connectivity index (χ1v) is 10.4. The van der Waals surface area contributed by atoms with Gasteiger partial charge in [0.15, 0.2) is 0 Å². The number of hydrogen-bond acceptors (Lipinski definition) is 5. The molecule has 0 saturated heterocycles. The summed E-state index contributed by atoms with van der Waals surface area (Å²) in [6, 6.07) is 21.7. The van der Waals surface area contributed by atoms with Gasteiger partial charge < -0.3 is 10.0 Å². The Morgan fingerprint density at radius 1 is 0.839 bits per heavy atom. The highest BCUT2D eigenvalue weighted by atomic mass is 16.3. The highest BCUT2D eigenvalue weighted by Gasteiger charge is 2.21. The fraction of sp³-hybridized carbons (Fsp3) is 0.192. The fourth-order valence-corrected chi connectivity index (χ4v) is 3.68. The predicted octanol–water partition coefficient (Wildman–Crippen LogP) is 5.43. The summed E-state index contributed by atoms with van der Waals surface area (Å²) in [6.07, 6.45) is 2.48. The van der Waals surface area contributed by atoms with Crippen LogP contribution in [0.15, 0.2) is 72.9 Å². The first kappa shape index (κ1) is 20.5. The van der Waals surface area contributed by atoms with Gasteiger partial charge in [-0.2, -0.15) is 0 Å². The average Bonchev–Trinajstić information content (AvgIpc) is 2.76. The molecule has 0 radical (unpaired) electrons. The van der Waals surface area contributed by atoms with Crippen LogP contribution in [-0.2, 0) is 13.0 Å². The molecule has 4 rings (SSSR count). The molecule has 0 fully saturated rings. The Labute approximate surface area is 183 Å². The Kier molecular flexibility index (Phi) is 5.94. The predicted molar refractivity (Wildman–Crippen MR) is 124 cm³/mol. The highest BCUT2D eigenvalue weighted by molar-refractivity contribution is 5.69. The molecular formula is C26H26N4O. The summed E-state index contributed by atoms with van der Waals surface area (Å²) < 4.78 is 0. The second kappa shape index (κ2) is 8.96. The summed E-state index contributed by atoms with van der Waals surface area (Å²) in [6.45, 7) is 6.49. The molecule has 0 aliphatic carbocycles. The summed E-state index contributed by atoms with van der Waals surface area (Å²) >= 11 is 0. The molecule has 2 aromatic carbocycles. The molecule has 0 spiro atoms. The Morgan fingerprint density at radius 2 is 1.58 bits per heavy atom. The number of aryl methyl sites for hydroxylation is 3. The zero-order valence-electron chi connectivity index (χ0n) is 18.1. The number of para-hydroxylation sites is 2.